The molecule has 0 bridgehead atoms. The van der Waals surface area contributed by atoms with Gasteiger partial charge in [0.25, 0.3) is 0 Å². The van der Waals surface area contributed by atoms with E-state index in [2.05, 4.69) is 31.3 Å². The standard InChI is InChI=1S/C11H15NO/c1-8-3-4-10(5-9(8)2)13-11-6-12-7-11/h3-5,11-12H,6-7H2,1-2H3. The van der Waals surface area contributed by atoms with Crippen molar-refractivity contribution >= 4 is 0 Å². The van der Waals surface area contributed by atoms with E-state index in [1.807, 2.05) is 6.07 Å². The molecule has 1 fully saturated rings. The van der Waals surface area contributed by atoms with Crippen molar-refractivity contribution in [2.75, 3.05) is 13.1 Å². The molecule has 1 aliphatic rings. The zero-order chi connectivity index (χ0) is 9.26. The summed E-state index contributed by atoms with van der Waals surface area (Å²) >= 11 is 0. The summed E-state index contributed by atoms with van der Waals surface area (Å²) in [6.45, 7) is 6.19. The summed E-state index contributed by atoms with van der Waals surface area (Å²) in [7, 11) is 0. The van der Waals surface area contributed by atoms with E-state index < -0.39 is 0 Å². The number of hydrogen-bond acceptors (Lipinski definition) is 2. The van der Waals surface area contributed by atoms with Crippen molar-refractivity contribution in [3.05, 3.63) is 29.3 Å². The van der Waals surface area contributed by atoms with Gasteiger partial charge >= 0.3 is 0 Å². The number of ether oxygens (including phenoxy) is 1. The molecule has 2 rings (SSSR count). The van der Waals surface area contributed by atoms with E-state index >= 15 is 0 Å². The smallest absolute Gasteiger partial charge is 0.123 e. The van der Waals surface area contributed by atoms with Crippen LogP contribution in [0.3, 0.4) is 0 Å². The molecule has 2 nitrogen and oxygen atoms in total. The van der Waals surface area contributed by atoms with Gasteiger partial charge in [0.1, 0.15) is 11.9 Å². The minimum Gasteiger partial charge on any atom is -0.488 e. The van der Waals surface area contributed by atoms with Crippen molar-refractivity contribution in [1.82, 2.24) is 5.32 Å². The summed E-state index contributed by atoms with van der Waals surface area (Å²) in [6.07, 6.45) is 0.377. The van der Waals surface area contributed by atoms with Gasteiger partial charge in [-0.3, -0.25) is 0 Å². The zero-order valence-electron chi connectivity index (χ0n) is 8.13. The average Bonchev–Trinajstić information content (AvgIpc) is 2.04. The molecule has 1 aliphatic heterocycles. The Morgan fingerprint density at radius 1 is 1.23 bits per heavy atom. The van der Waals surface area contributed by atoms with Crippen LogP contribution >= 0.6 is 0 Å². The lowest BCUT2D eigenvalue weighted by atomic mass is 10.1. The van der Waals surface area contributed by atoms with E-state index in [0.717, 1.165) is 18.8 Å². The predicted octanol–water partition coefficient (Wildman–Crippen LogP) is 1.65. The van der Waals surface area contributed by atoms with Crippen molar-refractivity contribution in [1.29, 1.82) is 0 Å². The van der Waals surface area contributed by atoms with Gasteiger partial charge in [0.05, 0.1) is 0 Å². The van der Waals surface area contributed by atoms with E-state index in [1.54, 1.807) is 0 Å². The van der Waals surface area contributed by atoms with Gasteiger partial charge in [-0.25, -0.2) is 0 Å². The van der Waals surface area contributed by atoms with Crippen LogP contribution in [0.2, 0.25) is 0 Å². The molecule has 0 amide bonds. The molecule has 13 heavy (non-hydrogen) atoms. The highest BCUT2D eigenvalue weighted by atomic mass is 16.5. The SMILES string of the molecule is Cc1ccc(OC2CNC2)cc1C. The third-order valence-corrected chi connectivity index (χ3v) is 2.53. The van der Waals surface area contributed by atoms with Gasteiger partial charge in [0.15, 0.2) is 0 Å². The molecule has 0 aliphatic carbocycles. The molecular weight excluding hydrogens is 162 g/mol. The molecule has 0 aromatic heterocycles. The van der Waals surface area contributed by atoms with Gasteiger partial charge in [0, 0.05) is 13.1 Å². The Morgan fingerprint density at radius 3 is 2.54 bits per heavy atom. The van der Waals surface area contributed by atoms with Crippen LogP contribution in [0.1, 0.15) is 11.1 Å². The Hall–Kier alpha value is -1.02. The summed E-state index contributed by atoms with van der Waals surface area (Å²) in [6, 6.07) is 6.26. The lowest BCUT2D eigenvalue weighted by Crippen LogP contribution is -2.50. The monoisotopic (exact) mass is 177 g/mol. The molecule has 0 spiro atoms. The lowest BCUT2D eigenvalue weighted by molar-refractivity contribution is 0.142. The molecule has 1 saturated heterocycles. The maximum Gasteiger partial charge on any atom is 0.123 e. The Balaban J connectivity index is 2.07. The minimum absolute atomic E-state index is 0.377. The van der Waals surface area contributed by atoms with Gasteiger partial charge in [-0.05, 0) is 37.1 Å². The average molecular weight is 177 g/mol. The molecule has 70 valence electrons. The highest BCUT2D eigenvalue weighted by molar-refractivity contribution is 5.34. The second kappa shape index (κ2) is 3.38. The lowest BCUT2D eigenvalue weighted by Gasteiger charge is -2.28. The zero-order valence-corrected chi connectivity index (χ0v) is 8.13. The molecule has 1 N–H and O–H groups in total. The Morgan fingerprint density at radius 2 is 2.00 bits per heavy atom. The van der Waals surface area contributed by atoms with Crippen molar-refractivity contribution < 1.29 is 4.74 Å². The largest absolute Gasteiger partial charge is 0.488 e. The summed E-state index contributed by atoms with van der Waals surface area (Å²) in [4.78, 5) is 0. The topological polar surface area (TPSA) is 21.3 Å². The van der Waals surface area contributed by atoms with Crippen molar-refractivity contribution in [3.8, 4) is 5.75 Å². The molecule has 0 saturated carbocycles. The molecular formula is C11H15NO. The Kier molecular flexibility index (Phi) is 2.23. The Bertz CT molecular complexity index is 305. The van der Waals surface area contributed by atoms with Crippen molar-refractivity contribution in [2.24, 2.45) is 0 Å². The summed E-state index contributed by atoms with van der Waals surface area (Å²) < 4.78 is 5.72. The molecule has 0 radical (unpaired) electrons. The van der Waals surface area contributed by atoms with Gasteiger partial charge < -0.3 is 10.1 Å². The second-order valence-corrected chi connectivity index (χ2v) is 3.64. The predicted molar refractivity (Wildman–Crippen MR) is 53.2 cm³/mol. The normalized spacial score (nSPS) is 16.8. The second-order valence-electron chi connectivity index (χ2n) is 3.64. The maximum atomic E-state index is 5.72. The number of aryl methyl sites for hydroxylation is 2. The van der Waals surface area contributed by atoms with Crippen molar-refractivity contribution in [2.45, 2.75) is 20.0 Å². The van der Waals surface area contributed by atoms with Gasteiger partial charge in [-0.15, -0.1) is 0 Å². The first-order valence-electron chi connectivity index (χ1n) is 4.70. The highest BCUT2D eigenvalue weighted by Crippen LogP contribution is 2.18. The maximum absolute atomic E-state index is 5.72. The number of benzene rings is 1. The van der Waals surface area contributed by atoms with Crippen LogP contribution in [0.5, 0.6) is 5.75 Å². The summed E-state index contributed by atoms with van der Waals surface area (Å²) in [5.41, 5.74) is 2.61. The van der Waals surface area contributed by atoms with E-state index in [4.69, 9.17) is 4.74 Å². The fourth-order valence-electron chi connectivity index (χ4n) is 1.33. The van der Waals surface area contributed by atoms with Gasteiger partial charge in [-0.2, -0.15) is 0 Å². The quantitative estimate of drug-likeness (QED) is 0.741. The van der Waals surface area contributed by atoms with E-state index in [-0.39, 0.29) is 0 Å². The molecule has 1 aromatic carbocycles. The van der Waals surface area contributed by atoms with Crippen LogP contribution < -0.4 is 10.1 Å². The van der Waals surface area contributed by atoms with Crippen LogP contribution in [0, 0.1) is 13.8 Å². The number of hydrogen-bond donors (Lipinski definition) is 1. The fourth-order valence-corrected chi connectivity index (χ4v) is 1.33. The first-order chi connectivity index (χ1) is 6.25. The fraction of sp³-hybridized carbons (Fsp3) is 0.455. The molecule has 1 aromatic rings. The van der Waals surface area contributed by atoms with Crippen LogP contribution in [-0.4, -0.2) is 19.2 Å². The van der Waals surface area contributed by atoms with E-state index in [0.29, 0.717) is 6.10 Å². The Labute approximate surface area is 78.9 Å². The third-order valence-electron chi connectivity index (χ3n) is 2.53. The summed E-state index contributed by atoms with van der Waals surface area (Å²) in [5.74, 6) is 0.995. The van der Waals surface area contributed by atoms with Crippen LogP contribution in [0.4, 0.5) is 0 Å². The minimum atomic E-state index is 0.377. The molecule has 0 unspecified atom stereocenters. The van der Waals surface area contributed by atoms with Gasteiger partial charge in [-0.1, -0.05) is 6.07 Å². The van der Waals surface area contributed by atoms with E-state index in [9.17, 15) is 0 Å². The van der Waals surface area contributed by atoms with Crippen LogP contribution in [-0.2, 0) is 0 Å². The molecule has 2 heteroatoms. The van der Waals surface area contributed by atoms with Crippen molar-refractivity contribution in [3.63, 3.8) is 0 Å². The van der Waals surface area contributed by atoms with E-state index in [1.165, 1.54) is 11.1 Å². The number of rotatable bonds is 2. The molecule has 0 atom stereocenters. The summed E-state index contributed by atoms with van der Waals surface area (Å²) in [5, 5.41) is 3.18. The first-order valence-corrected chi connectivity index (χ1v) is 4.70. The van der Waals surface area contributed by atoms with Crippen LogP contribution in [0.25, 0.3) is 0 Å². The highest BCUT2D eigenvalue weighted by Gasteiger charge is 2.17. The van der Waals surface area contributed by atoms with Crippen LogP contribution in [0.15, 0.2) is 18.2 Å². The number of nitrogens with one attached hydrogen (secondary N) is 1. The molecule has 1 heterocycles. The first kappa shape index (κ1) is 8.57. The van der Waals surface area contributed by atoms with Gasteiger partial charge in [0.2, 0.25) is 0 Å². The third kappa shape index (κ3) is 1.83.